The molecule has 0 aromatic carbocycles. The summed E-state index contributed by atoms with van der Waals surface area (Å²) in [5.41, 5.74) is 0. The van der Waals surface area contributed by atoms with Crippen molar-refractivity contribution < 1.29 is 24.2 Å². The zero-order valence-corrected chi connectivity index (χ0v) is 12.1. The van der Waals surface area contributed by atoms with E-state index in [2.05, 4.69) is 10.6 Å². The van der Waals surface area contributed by atoms with Gasteiger partial charge < -0.3 is 25.4 Å². The highest BCUT2D eigenvalue weighted by molar-refractivity contribution is 5.86. The van der Waals surface area contributed by atoms with E-state index in [1.165, 1.54) is 19.1 Å². The van der Waals surface area contributed by atoms with Crippen molar-refractivity contribution in [3.8, 4) is 0 Å². The standard InChI is InChI=1S/C12H23N3O5/c1-4-15(8-10(16)13-2)12(19)14-9(11(17)18)6-5-7-20-3/h9H,4-8H2,1-3H3,(H,13,16)(H,14,19)(H,17,18). The molecule has 8 nitrogen and oxygen atoms in total. The molecular formula is C12H23N3O5. The molecule has 0 spiro atoms. The summed E-state index contributed by atoms with van der Waals surface area (Å²) in [5.74, 6) is -1.42. The third-order valence-electron chi connectivity index (χ3n) is 2.72. The molecule has 0 fully saturated rings. The summed E-state index contributed by atoms with van der Waals surface area (Å²) in [6.07, 6.45) is 0.793. The summed E-state index contributed by atoms with van der Waals surface area (Å²) in [7, 11) is 3.00. The summed E-state index contributed by atoms with van der Waals surface area (Å²) in [6.45, 7) is 2.34. The molecule has 0 aliphatic rings. The lowest BCUT2D eigenvalue weighted by Crippen LogP contribution is -2.50. The number of nitrogens with zero attached hydrogens (tertiary/aromatic N) is 1. The fourth-order valence-electron chi connectivity index (χ4n) is 1.51. The van der Waals surface area contributed by atoms with Gasteiger partial charge in [-0.25, -0.2) is 9.59 Å². The number of methoxy groups -OCH3 is 1. The molecule has 0 aliphatic heterocycles. The number of amides is 3. The first kappa shape index (κ1) is 18.2. The monoisotopic (exact) mass is 289 g/mol. The number of carboxylic acids is 1. The molecule has 0 heterocycles. The van der Waals surface area contributed by atoms with Crippen molar-refractivity contribution >= 4 is 17.9 Å². The second kappa shape index (κ2) is 10.0. The van der Waals surface area contributed by atoms with Gasteiger partial charge in [-0.2, -0.15) is 0 Å². The molecule has 3 N–H and O–H groups in total. The van der Waals surface area contributed by atoms with Crippen LogP contribution in [0.3, 0.4) is 0 Å². The average molecular weight is 289 g/mol. The second-order valence-electron chi connectivity index (χ2n) is 4.16. The number of nitrogens with one attached hydrogen (secondary N) is 2. The van der Waals surface area contributed by atoms with Gasteiger partial charge in [0.25, 0.3) is 0 Å². The molecule has 20 heavy (non-hydrogen) atoms. The topological polar surface area (TPSA) is 108 Å². The molecule has 0 aromatic heterocycles. The maximum absolute atomic E-state index is 11.9. The highest BCUT2D eigenvalue weighted by Crippen LogP contribution is 2.00. The third kappa shape index (κ3) is 6.93. The Kier molecular flexibility index (Phi) is 9.10. The quantitative estimate of drug-likeness (QED) is 0.503. The number of carbonyl (C=O) groups excluding carboxylic acids is 2. The maximum Gasteiger partial charge on any atom is 0.326 e. The van der Waals surface area contributed by atoms with Gasteiger partial charge in [0.05, 0.1) is 0 Å². The fraction of sp³-hybridized carbons (Fsp3) is 0.750. The second-order valence-corrected chi connectivity index (χ2v) is 4.16. The molecule has 0 saturated carbocycles. The van der Waals surface area contributed by atoms with E-state index in [9.17, 15) is 14.4 Å². The summed E-state index contributed by atoms with van der Waals surface area (Å²) >= 11 is 0. The summed E-state index contributed by atoms with van der Waals surface area (Å²) in [5, 5.41) is 13.9. The molecule has 0 saturated heterocycles. The van der Waals surface area contributed by atoms with Gasteiger partial charge in [-0.3, -0.25) is 4.79 Å². The molecule has 116 valence electrons. The minimum atomic E-state index is -1.11. The Morgan fingerprint density at radius 2 is 2.00 bits per heavy atom. The van der Waals surface area contributed by atoms with Gasteiger partial charge in [0.2, 0.25) is 5.91 Å². The number of urea groups is 1. The molecule has 0 rings (SSSR count). The van der Waals surface area contributed by atoms with Crippen LogP contribution in [0.4, 0.5) is 4.79 Å². The number of likely N-dealkylation sites (N-methyl/N-ethyl adjacent to an activating group) is 2. The van der Waals surface area contributed by atoms with E-state index in [4.69, 9.17) is 9.84 Å². The zero-order chi connectivity index (χ0) is 15.5. The summed E-state index contributed by atoms with van der Waals surface area (Å²) < 4.78 is 4.84. The molecule has 1 atom stereocenters. The van der Waals surface area contributed by atoms with Crippen molar-refractivity contribution in [1.82, 2.24) is 15.5 Å². The maximum atomic E-state index is 11.9. The van der Waals surface area contributed by atoms with Crippen LogP contribution in [-0.4, -0.2) is 67.8 Å². The number of carboxylic acid groups (broad SMARTS) is 1. The lowest BCUT2D eigenvalue weighted by Gasteiger charge is -2.23. The van der Waals surface area contributed by atoms with Crippen LogP contribution in [0.15, 0.2) is 0 Å². The minimum Gasteiger partial charge on any atom is -0.480 e. The van der Waals surface area contributed by atoms with Crippen LogP contribution >= 0.6 is 0 Å². The van der Waals surface area contributed by atoms with Crippen molar-refractivity contribution in [2.75, 3.05) is 33.9 Å². The zero-order valence-electron chi connectivity index (χ0n) is 12.1. The largest absolute Gasteiger partial charge is 0.480 e. The number of carbonyl (C=O) groups is 3. The van der Waals surface area contributed by atoms with Crippen molar-refractivity contribution in [3.63, 3.8) is 0 Å². The Hall–Kier alpha value is -1.83. The predicted molar refractivity (Wildman–Crippen MR) is 72.4 cm³/mol. The molecule has 0 radical (unpaired) electrons. The third-order valence-corrected chi connectivity index (χ3v) is 2.72. The minimum absolute atomic E-state index is 0.108. The van der Waals surface area contributed by atoms with Gasteiger partial charge >= 0.3 is 12.0 Å². The van der Waals surface area contributed by atoms with Crippen LogP contribution in [-0.2, 0) is 14.3 Å². The van der Waals surface area contributed by atoms with Gasteiger partial charge in [0.15, 0.2) is 0 Å². The van der Waals surface area contributed by atoms with Gasteiger partial charge in [-0.05, 0) is 19.8 Å². The highest BCUT2D eigenvalue weighted by Gasteiger charge is 2.23. The van der Waals surface area contributed by atoms with Crippen molar-refractivity contribution in [3.05, 3.63) is 0 Å². The van der Waals surface area contributed by atoms with Crippen LogP contribution in [0.2, 0.25) is 0 Å². The normalized spacial score (nSPS) is 11.6. The Labute approximate surface area is 118 Å². The van der Waals surface area contributed by atoms with Gasteiger partial charge in [-0.1, -0.05) is 0 Å². The Balaban J connectivity index is 4.47. The number of hydrogen-bond acceptors (Lipinski definition) is 4. The van der Waals surface area contributed by atoms with Crippen molar-refractivity contribution in [1.29, 1.82) is 0 Å². The molecular weight excluding hydrogens is 266 g/mol. The number of ether oxygens (including phenoxy) is 1. The van der Waals surface area contributed by atoms with E-state index in [0.29, 0.717) is 19.6 Å². The molecule has 8 heteroatoms. The number of aliphatic carboxylic acids is 1. The molecule has 3 amide bonds. The number of rotatable bonds is 9. The van der Waals surface area contributed by atoms with Gasteiger partial charge in [0, 0.05) is 27.3 Å². The van der Waals surface area contributed by atoms with Crippen LogP contribution in [0.1, 0.15) is 19.8 Å². The SMILES string of the molecule is CCN(CC(=O)NC)C(=O)NC(CCCOC)C(=O)O. The van der Waals surface area contributed by atoms with Crippen molar-refractivity contribution in [2.45, 2.75) is 25.8 Å². The first-order chi connectivity index (χ1) is 9.46. The van der Waals surface area contributed by atoms with E-state index in [1.807, 2.05) is 0 Å². The lowest BCUT2D eigenvalue weighted by molar-refractivity contribution is -0.139. The molecule has 0 aliphatic carbocycles. The molecule has 1 unspecified atom stereocenters. The van der Waals surface area contributed by atoms with Gasteiger partial charge in [-0.15, -0.1) is 0 Å². The van der Waals surface area contributed by atoms with E-state index in [1.54, 1.807) is 6.92 Å². The van der Waals surface area contributed by atoms with Gasteiger partial charge in [0.1, 0.15) is 12.6 Å². The smallest absolute Gasteiger partial charge is 0.326 e. The lowest BCUT2D eigenvalue weighted by atomic mass is 10.1. The van der Waals surface area contributed by atoms with E-state index in [0.717, 1.165) is 0 Å². The molecule has 0 bridgehead atoms. The Morgan fingerprint density at radius 3 is 2.45 bits per heavy atom. The first-order valence-corrected chi connectivity index (χ1v) is 6.44. The highest BCUT2D eigenvalue weighted by atomic mass is 16.5. The van der Waals surface area contributed by atoms with Crippen LogP contribution in [0.5, 0.6) is 0 Å². The van der Waals surface area contributed by atoms with Crippen molar-refractivity contribution in [2.24, 2.45) is 0 Å². The molecule has 0 aromatic rings. The first-order valence-electron chi connectivity index (χ1n) is 6.44. The summed E-state index contributed by atoms with van der Waals surface area (Å²) in [4.78, 5) is 35.5. The fourth-order valence-corrected chi connectivity index (χ4v) is 1.51. The van der Waals surface area contributed by atoms with E-state index >= 15 is 0 Å². The van der Waals surface area contributed by atoms with E-state index in [-0.39, 0.29) is 18.9 Å². The average Bonchev–Trinajstić information content (AvgIpc) is 2.42. The summed E-state index contributed by atoms with van der Waals surface area (Å²) in [6, 6.07) is -1.56. The van der Waals surface area contributed by atoms with Crippen LogP contribution in [0.25, 0.3) is 0 Å². The van der Waals surface area contributed by atoms with Crippen LogP contribution in [0, 0.1) is 0 Å². The van der Waals surface area contributed by atoms with Crippen LogP contribution < -0.4 is 10.6 Å². The van der Waals surface area contributed by atoms with E-state index < -0.39 is 18.0 Å². The Morgan fingerprint density at radius 1 is 1.35 bits per heavy atom. The Bertz CT molecular complexity index is 335. The predicted octanol–water partition coefficient (Wildman–Crippen LogP) is -0.356. The number of hydrogen-bond donors (Lipinski definition) is 3.